The Morgan fingerprint density at radius 2 is 2.36 bits per heavy atom. The van der Waals surface area contributed by atoms with E-state index >= 15 is 0 Å². The summed E-state index contributed by atoms with van der Waals surface area (Å²) in [5, 5.41) is 3.39. The van der Waals surface area contributed by atoms with Crippen LogP contribution in [0.5, 0.6) is 0 Å². The summed E-state index contributed by atoms with van der Waals surface area (Å²) in [7, 11) is 2.03. The number of aryl methyl sites for hydroxylation is 1. The van der Waals surface area contributed by atoms with Gasteiger partial charge in [-0.05, 0) is 31.4 Å². The third-order valence-corrected chi connectivity index (χ3v) is 2.85. The first-order valence-corrected chi connectivity index (χ1v) is 6.40. The molecule has 0 saturated heterocycles. The number of unbranched alkanes of at least 4 members (excludes halogenated alkanes) is 1. The Morgan fingerprint density at radius 3 is 3.00 bits per heavy atom. The minimum atomic E-state index is 0.878. The van der Waals surface area contributed by atoms with E-state index in [0.29, 0.717) is 0 Å². The summed E-state index contributed by atoms with van der Waals surface area (Å²) < 4.78 is 2.05. The van der Waals surface area contributed by atoms with Crippen molar-refractivity contribution < 1.29 is 0 Å². The molecule has 0 aliphatic heterocycles. The Bertz CT molecular complexity index is 247. The van der Waals surface area contributed by atoms with Crippen LogP contribution in [-0.2, 0) is 13.6 Å². The maximum Gasteiger partial charge on any atom is 0.122 e. The Morgan fingerprint density at radius 1 is 1.50 bits per heavy atom. The van der Waals surface area contributed by atoms with Crippen LogP contribution in [0.4, 0.5) is 0 Å². The number of imidazole rings is 1. The molecule has 0 atom stereocenters. The molecule has 1 N–H and O–H groups in total. The molecule has 0 radical (unpaired) electrons. The third kappa shape index (κ3) is 4.15. The van der Waals surface area contributed by atoms with Gasteiger partial charge in [-0.15, -0.1) is 0 Å². The molecule has 3 nitrogen and oxygen atoms in total. The van der Waals surface area contributed by atoms with Gasteiger partial charge in [0.2, 0.25) is 0 Å². The number of aromatic nitrogens is 2. The zero-order valence-corrected chi connectivity index (χ0v) is 9.81. The molecule has 1 aromatic rings. The lowest BCUT2D eigenvalue weighted by molar-refractivity contribution is 0.610. The molecule has 0 bridgehead atoms. The fraction of sp³-hybridized carbons (Fsp3) is 0.700. The molecule has 0 saturated carbocycles. The maximum atomic E-state index is 4.25. The van der Waals surface area contributed by atoms with Crippen LogP contribution >= 0.6 is 11.8 Å². The smallest absolute Gasteiger partial charge is 0.122 e. The fourth-order valence-electron chi connectivity index (χ4n) is 1.26. The van der Waals surface area contributed by atoms with E-state index in [-0.39, 0.29) is 0 Å². The van der Waals surface area contributed by atoms with Crippen molar-refractivity contribution in [2.24, 2.45) is 7.05 Å². The zero-order valence-electron chi connectivity index (χ0n) is 8.99. The molecule has 80 valence electrons. The number of thioether (sulfide) groups is 1. The van der Waals surface area contributed by atoms with Crippen molar-refractivity contribution in [1.29, 1.82) is 0 Å². The molecule has 0 fully saturated rings. The van der Waals surface area contributed by atoms with Crippen LogP contribution in [0.25, 0.3) is 0 Å². The van der Waals surface area contributed by atoms with E-state index in [1.165, 1.54) is 18.6 Å². The van der Waals surface area contributed by atoms with Crippen molar-refractivity contribution in [2.45, 2.75) is 19.4 Å². The lowest BCUT2D eigenvalue weighted by Gasteiger charge is -2.04. The van der Waals surface area contributed by atoms with Crippen molar-refractivity contribution >= 4 is 11.8 Å². The lowest BCUT2D eigenvalue weighted by Crippen LogP contribution is -2.17. The molecular weight excluding hydrogens is 194 g/mol. The summed E-state index contributed by atoms with van der Waals surface area (Å²) in [5.74, 6) is 2.37. The number of hydrogen-bond acceptors (Lipinski definition) is 3. The second kappa shape index (κ2) is 6.90. The van der Waals surface area contributed by atoms with Gasteiger partial charge in [0.15, 0.2) is 0 Å². The van der Waals surface area contributed by atoms with E-state index in [0.717, 1.165) is 18.9 Å². The van der Waals surface area contributed by atoms with Gasteiger partial charge < -0.3 is 9.88 Å². The molecule has 14 heavy (non-hydrogen) atoms. The minimum Gasteiger partial charge on any atom is -0.337 e. The minimum absolute atomic E-state index is 0.878. The molecule has 0 aromatic carbocycles. The van der Waals surface area contributed by atoms with E-state index in [4.69, 9.17) is 0 Å². The largest absolute Gasteiger partial charge is 0.337 e. The number of nitrogens with zero attached hydrogens (tertiary/aromatic N) is 2. The molecule has 0 amide bonds. The summed E-state index contributed by atoms with van der Waals surface area (Å²) in [5.41, 5.74) is 0. The summed E-state index contributed by atoms with van der Waals surface area (Å²) in [4.78, 5) is 4.25. The fourth-order valence-corrected chi connectivity index (χ4v) is 1.76. The second-order valence-electron chi connectivity index (χ2n) is 3.33. The van der Waals surface area contributed by atoms with Crippen LogP contribution in [0.1, 0.15) is 18.7 Å². The molecule has 0 spiro atoms. The summed E-state index contributed by atoms with van der Waals surface area (Å²) in [6.07, 6.45) is 8.52. The molecular formula is C10H19N3S. The van der Waals surface area contributed by atoms with Crippen LogP contribution in [-0.4, -0.2) is 28.1 Å². The molecule has 1 rings (SSSR count). The zero-order chi connectivity index (χ0) is 10.2. The van der Waals surface area contributed by atoms with E-state index in [1.54, 1.807) is 0 Å². The standard InChI is InChI=1S/C10H19N3S/c1-13-7-6-12-10(13)9-11-5-3-4-8-14-2/h6-7,11H,3-5,8-9H2,1-2H3. The van der Waals surface area contributed by atoms with Crippen molar-refractivity contribution in [3.63, 3.8) is 0 Å². The average molecular weight is 213 g/mol. The van der Waals surface area contributed by atoms with Gasteiger partial charge in [0, 0.05) is 19.4 Å². The van der Waals surface area contributed by atoms with Crippen LogP contribution in [0.3, 0.4) is 0 Å². The molecule has 0 unspecified atom stereocenters. The van der Waals surface area contributed by atoms with Crippen molar-refractivity contribution in [3.05, 3.63) is 18.2 Å². The van der Waals surface area contributed by atoms with Crippen LogP contribution in [0, 0.1) is 0 Å². The molecule has 1 heterocycles. The highest BCUT2D eigenvalue weighted by Crippen LogP contribution is 1.98. The lowest BCUT2D eigenvalue weighted by atomic mass is 10.3. The highest BCUT2D eigenvalue weighted by Gasteiger charge is 1.96. The Labute approximate surface area is 90.3 Å². The Hall–Kier alpha value is -0.480. The first kappa shape index (κ1) is 11.6. The third-order valence-electron chi connectivity index (χ3n) is 2.16. The van der Waals surface area contributed by atoms with Gasteiger partial charge in [-0.2, -0.15) is 11.8 Å². The van der Waals surface area contributed by atoms with Gasteiger partial charge in [-0.3, -0.25) is 0 Å². The predicted octanol–water partition coefficient (Wildman–Crippen LogP) is 1.65. The van der Waals surface area contributed by atoms with E-state index in [9.17, 15) is 0 Å². The topological polar surface area (TPSA) is 29.9 Å². The summed E-state index contributed by atoms with van der Waals surface area (Å²) >= 11 is 1.92. The first-order valence-electron chi connectivity index (χ1n) is 5.00. The number of hydrogen-bond donors (Lipinski definition) is 1. The highest BCUT2D eigenvalue weighted by atomic mass is 32.2. The average Bonchev–Trinajstić information content (AvgIpc) is 2.58. The SMILES string of the molecule is CSCCCCNCc1nccn1C. The number of nitrogens with one attached hydrogen (secondary N) is 1. The normalized spacial score (nSPS) is 10.7. The van der Waals surface area contributed by atoms with Gasteiger partial charge in [-0.1, -0.05) is 0 Å². The van der Waals surface area contributed by atoms with Crippen LogP contribution < -0.4 is 5.32 Å². The predicted molar refractivity (Wildman–Crippen MR) is 62.5 cm³/mol. The van der Waals surface area contributed by atoms with E-state index < -0.39 is 0 Å². The van der Waals surface area contributed by atoms with Gasteiger partial charge >= 0.3 is 0 Å². The Balaban J connectivity index is 2.02. The van der Waals surface area contributed by atoms with Crippen LogP contribution in [0.2, 0.25) is 0 Å². The summed E-state index contributed by atoms with van der Waals surface area (Å²) in [6, 6.07) is 0. The van der Waals surface area contributed by atoms with Gasteiger partial charge in [0.1, 0.15) is 5.82 Å². The quantitative estimate of drug-likeness (QED) is 0.699. The first-order chi connectivity index (χ1) is 6.84. The highest BCUT2D eigenvalue weighted by molar-refractivity contribution is 7.98. The van der Waals surface area contributed by atoms with E-state index in [1.807, 2.05) is 31.2 Å². The summed E-state index contributed by atoms with van der Waals surface area (Å²) in [6.45, 7) is 1.97. The maximum absolute atomic E-state index is 4.25. The van der Waals surface area contributed by atoms with Gasteiger partial charge in [-0.25, -0.2) is 4.98 Å². The second-order valence-corrected chi connectivity index (χ2v) is 4.32. The van der Waals surface area contributed by atoms with Crippen LogP contribution in [0.15, 0.2) is 12.4 Å². The molecule has 0 aliphatic carbocycles. The van der Waals surface area contributed by atoms with Gasteiger partial charge in [0.05, 0.1) is 6.54 Å². The van der Waals surface area contributed by atoms with Crippen molar-refractivity contribution in [3.8, 4) is 0 Å². The van der Waals surface area contributed by atoms with Crippen molar-refractivity contribution in [2.75, 3.05) is 18.6 Å². The van der Waals surface area contributed by atoms with Gasteiger partial charge in [0.25, 0.3) is 0 Å². The van der Waals surface area contributed by atoms with Crippen molar-refractivity contribution in [1.82, 2.24) is 14.9 Å². The number of rotatable bonds is 7. The monoisotopic (exact) mass is 213 g/mol. The Kier molecular flexibility index (Phi) is 5.71. The molecule has 4 heteroatoms. The molecule has 1 aromatic heterocycles. The van der Waals surface area contributed by atoms with E-state index in [2.05, 4.69) is 21.1 Å². The molecule has 0 aliphatic rings.